The van der Waals surface area contributed by atoms with E-state index in [0.717, 1.165) is 10.6 Å². The van der Waals surface area contributed by atoms with E-state index in [4.69, 9.17) is 0 Å². The zero-order valence-electron chi connectivity index (χ0n) is 13.4. The summed E-state index contributed by atoms with van der Waals surface area (Å²) in [6.07, 6.45) is 1.25. The number of amides is 1. The SMILES string of the molecule is CC(C)(C)NC(=O)CN(CCc1ccccc1F)S(C)(=O)=O. The lowest BCUT2D eigenvalue weighted by Crippen LogP contribution is -2.47. The van der Waals surface area contributed by atoms with Gasteiger partial charge < -0.3 is 5.32 Å². The molecule has 0 aliphatic carbocycles. The molecule has 0 radical (unpaired) electrons. The van der Waals surface area contributed by atoms with Crippen LogP contribution in [0.1, 0.15) is 26.3 Å². The van der Waals surface area contributed by atoms with Crippen LogP contribution in [0.25, 0.3) is 0 Å². The third kappa shape index (κ3) is 6.53. The number of carbonyl (C=O) groups excluding carboxylic acids is 1. The monoisotopic (exact) mass is 330 g/mol. The topological polar surface area (TPSA) is 66.5 Å². The fourth-order valence-corrected chi connectivity index (χ4v) is 2.70. The third-order valence-corrected chi connectivity index (χ3v) is 4.14. The van der Waals surface area contributed by atoms with E-state index in [0.29, 0.717) is 5.56 Å². The van der Waals surface area contributed by atoms with Gasteiger partial charge in [-0.15, -0.1) is 0 Å². The molecule has 0 bridgehead atoms. The highest BCUT2D eigenvalue weighted by atomic mass is 32.2. The van der Waals surface area contributed by atoms with Crippen molar-refractivity contribution in [1.82, 2.24) is 9.62 Å². The van der Waals surface area contributed by atoms with Crippen LogP contribution in [0.2, 0.25) is 0 Å². The highest BCUT2D eigenvalue weighted by Gasteiger charge is 2.22. The van der Waals surface area contributed by atoms with Gasteiger partial charge in [0, 0.05) is 12.1 Å². The Bertz CT molecular complexity index is 624. The van der Waals surface area contributed by atoms with Crippen molar-refractivity contribution in [3.05, 3.63) is 35.6 Å². The molecule has 1 aromatic carbocycles. The van der Waals surface area contributed by atoms with E-state index in [1.54, 1.807) is 18.2 Å². The van der Waals surface area contributed by atoms with Gasteiger partial charge in [-0.25, -0.2) is 12.8 Å². The Morgan fingerprint density at radius 2 is 1.86 bits per heavy atom. The van der Waals surface area contributed by atoms with Gasteiger partial charge in [0.2, 0.25) is 15.9 Å². The first-order valence-corrected chi connectivity index (χ1v) is 8.83. The molecule has 1 N–H and O–H groups in total. The van der Waals surface area contributed by atoms with Crippen molar-refractivity contribution < 1.29 is 17.6 Å². The standard InChI is InChI=1S/C15H23FN2O3S/c1-15(2,3)17-14(19)11-18(22(4,20)21)10-9-12-7-5-6-8-13(12)16/h5-8H,9-11H2,1-4H3,(H,17,19). The molecule has 0 aliphatic heterocycles. The van der Waals surface area contributed by atoms with Crippen LogP contribution in [-0.2, 0) is 21.2 Å². The molecule has 5 nitrogen and oxygen atoms in total. The molecule has 0 spiro atoms. The van der Waals surface area contributed by atoms with Crippen LogP contribution in [-0.4, -0.2) is 43.5 Å². The van der Waals surface area contributed by atoms with Crippen molar-refractivity contribution >= 4 is 15.9 Å². The summed E-state index contributed by atoms with van der Waals surface area (Å²) >= 11 is 0. The van der Waals surface area contributed by atoms with Crippen molar-refractivity contribution in [2.75, 3.05) is 19.3 Å². The molecule has 1 amide bonds. The number of hydrogen-bond acceptors (Lipinski definition) is 3. The molecule has 0 unspecified atom stereocenters. The molecule has 22 heavy (non-hydrogen) atoms. The average molecular weight is 330 g/mol. The number of nitrogens with zero attached hydrogens (tertiary/aromatic N) is 1. The summed E-state index contributed by atoms with van der Waals surface area (Å²) in [6.45, 7) is 5.22. The van der Waals surface area contributed by atoms with Crippen LogP contribution in [0, 0.1) is 5.82 Å². The highest BCUT2D eigenvalue weighted by molar-refractivity contribution is 7.88. The average Bonchev–Trinajstić information content (AvgIpc) is 2.32. The number of hydrogen-bond donors (Lipinski definition) is 1. The van der Waals surface area contributed by atoms with Crippen LogP contribution in [0.15, 0.2) is 24.3 Å². The van der Waals surface area contributed by atoms with E-state index in [9.17, 15) is 17.6 Å². The van der Waals surface area contributed by atoms with Crippen LogP contribution in [0.4, 0.5) is 4.39 Å². The van der Waals surface area contributed by atoms with Crippen LogP contribution in [0.5, 0.6) is 0 Å². The smallest absolute Gasteiger partial charge is 0.235 e. The first kappa shape index (κ1) is 18.6. The fraction of sp³-hybridized carbons (Fsp3) is 0.533. The summed E-state index contributed by atoms with van der Waals surface area (Å²) in [4.78, 5) is 11.9. The maximum absolute atomic E-state index is 13.6. The molecule has 7 heteroatoms. The van der Waals surface area contributed by atoms with Gasteiger partial charge >= 0.3 is 0 Å². The van der Waals surface area contributed by atoms with Gasteiger partial charge in [0.15, 0.2) is 0 Å². The molecule has 0 heterocycles. The molecular weight excluding hydrogens is 307 g/mol. The lowest BCUT2D eigenvalue weighted by molar-refractivity contribution is -0.122. The highest BCUT2D eigenvalue weighted by Crippen LogP contribution is 2.09. The minimum absolute atomic E-state index is 0.0529. The van der Waals surface area contributed by atoms with E-state index in [2.05, 4.69) is 5.32 Å². The second-order valence-corrected chi connectivity index (χ2v) is 8.22. The summed E-state index contributed by atoms with van der Waals surface area (Å²) in [5, 5.41) is 2.71. The quantitative estimate of drug-likeness (QED) is 0.860. The number of halogens is 1. The van der Waals surface area contributed by atoms with Crippen LogP contribution < -0.4 is 5.32 Å². The van der Waals surface area contributed by atoms with Crippen molar-refractivity contribution in [1.29, 1.82) is 0 Å². The maximum atomic E-state index is 13.6. The van der Waals surface area contributed by atoms with Gasteiger partial charge in [0.25, 0.3) is 0 Å². The fourth-order valence-electron chi connectivity index (χ4n) is 1.93. The largest absolute Gasteiger partial charge is 0.350 e. The molecule has 0 aliphatic rings. The Morgan fingerprint density at radius 3 is 2.36 bits per heavy atom. The van der Waals surface area contributed by atoms with Crippen molar-refractivity contribution in [3.8, 4) is 0 Å². The molecule has 1 aromatic rings. The van der Waals surface area contributed by atoms with Crippen molar-refractivity contribution in [2.45, 2.75) is 32.7 Å². The number of carbonyl (C=O) groups is 1. The van der Waals surface area contributed by atoms with Gasteiger partial charge in [-0.1, -0.05) is 18.2 Å². The summed E-state index contributed by atoms with van der Waals surface area (Å²) in [5.74, 6) is -0.762. The minimum Gasteiger partial charge on any atom is -0.350 e. The summed E-state index contributed by atoms with van der Waals surface area (Å²) in [7, 11) is -3.55. The normalized spacial score (nSPS) is 12.5. The van der Waals surface area contributed by atoms with Gasteiger partial charge in [0.1, 0.15) is 5.82 Å². The Balaban J connectivity index is 2.75. The van der Waals surface area contributed by atoms with E-state index in [1.807, 2.05) is 20.8 Å². The number of benzene rings is 1. The molecule has 0 atom stereocenters. The molecule has 0 saturated heterocycles. The molecule has 0 saturated carbocycles. The first-order chi connectivity index (χ1) is 9.99. The van der Waals surface area contributed by atoms with Gasteiger partial charge in [-0.3, -0.25) is 4.79 Å². The Morgan fingerprint density at radius 1 is 1.27 bits per heavy atom. The van der Waals surface area contributed by atoms with Gasteiger partial charge in [-0.05, 0) is 38.8 Å². The summed E-state index contributed by atoms with van der Waals surface area (Å²) < 4.78 is 38.2. The van der Waals surface area contributed by atoms with Crippen molar-refractivity contribution in [3.63, 3.8) is 0 Å². The minimum atomic E-state index is -3.55. The second-order valence-electron chi connectivity index (χ2n) is 6.24. The lowest BCUT2D eigenvalue weighted by Gasteiger charge is -2.24. The molecule has 1 rings (SSSR count). The van der Waals surface area contributed by atoms with E-state index in [1.165, 1.54) is 6.07 Å². The molecule has 0 aromatic heterocycles. The molecular formula is C15H23FN2O3S. The third-order valence-electron chi connectivity index (χ3n) is 2.89. The van der Waals surface area contributed by atoms with Crippen LogP contribution >= 0.6 is 0 Å². The lowest BCUT2D eigenvalue weighted by atomic mass is 10.1. The van der Waals surface area contributed by atoms with E-state index in [-0.39, 0.29) is 31.2 Å². The first-order valence-electron chi connectivity index (χ1n) is 6.98. The Labute approximate surface area is 131 Å². The molecule has 0 fully saturated rings. The Kier molecular flexibility index (Phi) is 6.08. The van der Waals surface area contributed by atoms with Crippen molar-refractivity contribution in [2.24, 2.45) is 0 Å². The zero-order valence-corrected chi connectivity index (χ0v) is 14.2. The van der Waals surface area contributed by atoms with Crippen LogP contribution in [0.3, 0.4) is 0 Å². The number of nitrogens with one attached hydrogen (secondary N) is 1. The van der Waals surface area contributed by atoms with E-state index >= 15 is 0 Å². The predicted octanol–water partition coefficient (Wildman–Crippen LogP) is 1.54. The van der Waals surface area contributed by atoms with Gasteiger partial charge in [0.05, 0.1) is 12.8 Å². The zero-order chi connectivity index (χ0) is 17.0. The summed E-state index contributed by atoms with van der Waals surface area (Å²) in [5.41, 5.74) is -0.0152. The van der Waals surface area contributed by atoms with E-state index < -0.39 is 15.6 Å². The summed E-state index contributed by atoms with van der Waals surface area (Å²) in [6, 6.07) is 6.19. The Hall–Kier alpha value is -1.47. The predicted molar refractivity (Wildman–Crippen MR) is 84.4 cm³/mol. The van der Waals surface area contributed by atoms with Gasteiger partial charge in [-0.2, -0.15) is 4.31 Å². The number of sulfonamides is 1. The number of rotatable bonds is 6. The second kappa shape index (κ2) is 7.19. The maximum Gasteiger partial charge on any atom is 0.235 e. The molecule has 124 valence electrons.